The van der Waals surface area contributed by atoms with Crippen LogP contribution in [0.5, 0.6) is 0 Å². The first-order valence-electron chi connectivity index (χ1n) is 6.31. The first-order chi connectivity index (χ1) is 10.1. The highest BCUT2D eigenvalue weighted by atomic mass is 79.9. The number of carbonyl (C=O) groups is 2. The van der Waals surface area contributed by atoms with Crippen molar-refractivity contribution in [3.05, 3.63) is 68.6 Å². The fourth-order valence-corrected chi connectivity index (χ4v) is 2.60. The Hall–Kier alpha value is -1.30. The monoisotopic (exact) mass is 408 g/mol. The number of carbonyl (C=O) groups excluding carboxylic acids is 2. The molecule has 0 saturated carbocycles. The number of ketones is 2. The molecule has 0 radical (unpaired) electrons. The first-order valence-corrected chi connectivity index (χ1v) is 7.90. The Bertz CT molecular complexity index is 631. The zero-order valence-corrected chi connectivity index (χ0v) is 13.9. The molecule has 0 N–H and O–H groups in total. The molecule has 21 heavy (non-hydrogen) atoms. The third kappa shape index (κ3) is 3.15. The lowest BCUT2D eigenvalue weighted by atomic mass is 10.0. The average Bonchev–Trinajstić information content (AvgIpc) is 3.28. The summed E-state index contributed by atoms with van der Waals surface area (Å²) in [5.41, 5.74) is 1.10. The molecule has 0 aromatic heterocycles. The van der Waals surface area contributed by atoms with E-state index in [9.17, 15) is 9.59 Å². The molecule has 0 bridgehead atoms. The largest absolute Gasteiger partial charge is 0.352 e. The summed E-state index contributed by atoms with van der Waals surface area (Å²) in [5.74, 6) is -0.309. The van der Waals surface area contributed by atoms with E-state index >= 15 is 0 Å². The molecule has 3 nitrogen and oxygen atoms in total. The number of hydrogen-bond acceptors (Lipinski definition) is 3. The van der Waals surface area contributed by atoms with Gasteiger partial charge in [-0.1, -0.05) is 56.1 Å². The van der Waals surface area contributed by atoms with Crippen molar-refractivity contribution in [2.75, 3.05) is 0 Å². The molecule has 2 aromatic carbocycles. The van der Waals surface area contributed by atoms with Crippen LogP contribution in [-0.2, 0) is 4.74 Å². The van der Waals surface area contributed by atoms with Crippen LogP contribution < -0.4 is 0 Å². The number of rotatable bonds is 4. The summed E-state index contributed by atoms with van der Waals surface area (Å²) in [6.07, 6.45) is -1.33. The molecular weight excluding hydrogens is 400 g/mol. The molecule has 2 aromatic rings. The number of halogens is 2. The predicted octanol–water partition coefficient (Wildman–Crippen LogP) is 4.04. The molecule has 1 aliphatic heterocycles. The maximum Gasteiger partial charge on any atom is 0.194 e. The maximum absolute atomic E-state index is 12.2. The van der Waals surface area contributed by atoms with Crippen molar-refractivity contribution in [2.45, 2.75) is 12.2 Å². The Morgan fingerprint density at radius 1 is 0.714 bits per heavy atom. The minimum atomic E-state index is -0.665. The number of epoxide rings is 1. The summed E-state index contributed by atoms with van der Waals surface area (Å²) in [7, 11) is 0. The van der Waals surface area contributed by atoms with Gasteiger partial charge in [-0.05, 0) is 24.3 Å². The van der Waals surface area contributed by atoms with Gasteiger partial charge < -0.3 is 4.74 Å². The van der Waals surface area contributed by atoms with Gasteiger partial charge in [-0.15, -0.1) is 0 Å². The van der Waals surface area contributed by atoms with E-state index in [1.165, 1.54) is 0 Å². The third-order valence-electron chi connectivity index (χ3n) is 3.27. The molecule has 0 spiro atoms. The van der Waals surface area contributed by atoms with Crippen LogP contribution in [0.15, 0.2) is 57.5 Å². The average molecular weight is 410 g/mol. The van der Waals surface area contributed by atoms with Crippen LogP contribution in [0, 0.1) is 0 Å². The SMILES string of the molecule is O=C(c1ccc(Br)cc1)[C@H]1O[C@@H]1C(=O)c1ccc(Br)cc1. The van der Waals surface area contributed by atoms with E-state index in [2.05, 4.69) is 31.9 Å². The van der Waals surface area contributed by atoms with Crippen LogP contribution in [0.2, 0.25) is 0 Å². The van der Waals surface area contributed by atoms with Crippen LogP contribution in [0.3, 0.4) is 0 Å². The number of ether oxygens (including phenoxy) is 1. The lowest BCUT2D eigenvalue weighted by molar-refractivity contribution is 0.0948. The van der Waals surface area contributed by atoms with E-state index in [0.717, 1.165) is 8.95 Å². The smallest absolute Gasteiger partial charge is 0.194 e. The van der Waals surface area contributed by atoms with Gasteiger partial charge in [0.25, 0.3) is 0 Å². The molecule has 2 atom stereocenters. The normalized spacial score (nSPS) is 20.1. The summed E-state index contributed by atoms with van der Waals surface area (Å²) in [4.78, 5) is 24.4. The summed E-state index contributed by atoms with van der Waals surface area (Å²) >= 11 is 6.64. The second kappa shape index (κ2) is 5.83. The second-order valence-corrected chi connectivity index (χ2v) is 6.55. The zero-order valence-electron chi connectivity index (χ0n) is 10.8. The summed E-state index contributed by atoms with van der Waals surface area (Å²) in [5, 5.41) is 0. The molecule has 1 saturated heterocycles. The Morgan fingerprint density at radius 2 is 1.05 bits per heavy atom. The van der Waals surface area contributed by atoms with Crippen molar-refractivity contribution < 1.29 is 14.3 Å². The standard InChI is InChI=1S/C16H10Br2O3/c17-11-5-1-9(2-6-11)13(19)15-16(21-15)14(20)10-3-7-12(18)8-4-10/h1-8,15-16H/t15-,16-/m1/s1. The fraction of sp³-hybridized carbons (Fsp3) is 0.125. The summed E-state index contributed by atoms with van der Waals surface area (Å²) in [6.45, 7) is 0. The first kappa shape index (κ1) is 14.6. The summed E-state index contributed by atoms with van der Waals surface area (Å²) < 4.78 is 7.09. The van der Waals surface area contributed by atoms with Gasteiger partial charge in [-0.2, -0.15) is 0 Å². The summed E-state index contributed by atoms with van der Waals surface area (Å²) in [6, 6.07) is 14.0. The highest BCUT2D eigenvalue weighted by Crippen LogP contribution is 2.30. The molecule has 0 unspecified atom stereocenters. The van der Waals surface area contributed by atoms with Crippen molar-refractivity contribution in [2.24, 2.45) is 0 Å². The van der Waals surface area contributed by atoms with Crippen molar-refractivity contribution in [1.29, 1.82) is 0 Å². The highest BCUT2D eigenvalue weighted by Gasteiger charge is 2.50. The molecule has 5 heteroatoms. The molecule has 0 amide bonds. The fourth-order valence-electron chi connectivity index (χ4n) is 2.07. The van der Waals surface area contributed by atoms with Gasteiger partial charge in [-0.25, -0.2) is 0 Å². The minimum absolute atomic E-state index is 0.155. The van der Waals surface area contributed by atoms with Gasteiger partial charge in [0.2, 0.25) is 0 Å². The van der Waals surface area contributed by atoms with E-state index < -0.39 is 12.2 Å². The van der Waals surface area contributed by atoms with Gasteiger partial charge in [0.1, 0.15) is 0 Å². The minimum Gasteiger partial charge on any atom is -0.352 e. The van der Waals surface area contributed by atoms with Gasteiger partial charge >= 0.3 is 0 Å². The quantitative estimate of drug-likeness (QED) is 0.565. The number of hydrogen-bond donors (Lipinski definition) is 0. The van der Waals surface area contributed by atoms with E-state index in [4.69, 9.17) is 4.74 Å². The van der Waals surface area contributed by atoms with Gasteiger partial charge in [0.05, 0.1) is 0 Å². The Kier molecular flexibility index (Phi) is 4.06. The number of benzene rings is 2. The molecule has 1 aliphatic rings. The van der Waals surface area contributed by atoms with Crippen LogP contribution in [0.1, 0.15) is 20.7 Å². The van der Waals surface area contributed by atoms with Crippen molar-refractivity contribution in [1.82, 2.24) is 0 Å². The molecule has 0 aliphatic carbocycles. The zero-order chi connectivity index (χ0) is 15.0. The van der Waals surface area contributed by atoms with Crippen LogP contribution >= 0.6 is 31.9 Å². The second-order valence-electron chi connectivity index (χ2n) is 4.72. The Morgan fingerprint density at radius 3 is 1.38 bits per heavy atom. The van der Waals surface area contributed by atoms with Crippen molar-refractivity contribution in [3.63, 3.8) is 0 Å². The van der Waals surface area contributed by atoms with E-state index in [1.807, 2.05) is 0 Å². The number of Topliss-reactive ketones (excluding diaryl/α,β-unsaturated/α-hetero) is 2. The molecule has 1 fully saturated rings. The lowest BCUT2D eigenvalue weighted by Crippen LogP contribution is -2.16. The highest BCUT2D eigenvalue weighted by molar-refractivity contribution is 9.10. The Labute approximate surface area is 138 Å². The van der Waals surface area contributed by atoms with Crippen molar-refractivity contribution >= 4 is 43.4 Å². The molecule has 1 heterocycles. The van der Waals surface area contributed by atoms with E-state index in [-0.39, 0.29) is 11.6 Å². The van der Waals surface area contributed by atoms with Gasteiger partial charge in [0, 0.05) is 20.1 Å². The third-order valence-corrected chi connectivity index (χ3v) is 4.32. The van der Waals surface area contributed by atoms with E-state index in [1.54, 1.807) is 48.5 Å². The molecular formula is C16H10Br2O3. The molecule has 3 rings (SSSR count). The lowest BCUT2D eigenvalue weighted by Gasteiger charge is -1.99. The van der Waals surface area contributed by atoms with Gasteiger partial charge in [-0.3, -0.25) is 9.59 Å². The van der Waals surface area contributed by atoms with Crippen LogP contribution in [-0.4, -0.2) is 23.8 Å². The van der Waals surface area contributed by atoms with E-state index in [0.29, 0.717) is 11.1 Å². The van der Waals surface area contributed by atoms with Crippen LogP contribution in [0.4, 0.5) is 0 Å². The topological polar surface area (TPSA) is 46.7 Å². The molecule has 106 valence electrons. The Balaban J connectivity index is 1.71. The van der Waals surface area contributed by atoms with Crippen LogP contribution in [0.25, 0.3) is 0 Å². The predicted molar refractivity (Wildman–Crippen MR) is 85.6 cm³/mol. The van der Waals surface area contributed by atoms with Gasteiger partial charge in [0.15, 0.2) is 23.8 Å². The maximum atomic E-state index is 12.2. The van der Waals surface area contributed by atoms with Crippen molar-refractivity contribution in [3.8, 4) is 0 Å².